The van der Waals surface area contributed by atoms with Crippen LogP contribution < -0.4 is 0 Å². The molecule has 3 saturated carbocycles. The summed E-state index contributed by atoms with van der Waals surface area (Å²) < 4.78 is 15.5. The maximum atomic E-state index is 11.4. The van der Waals surface area contributed by atoms with Gasteiger partial charge in [0.05, 0.1) is 19.8 Å². The molecule has 0 spiro atoms. The minimum absolute atomic E-state index is 0.296. The first-order chi connectivity index (χ1) is 39.1. The van der Waals surface area contributed by atoms with Crippen LogP contribution in [0.3, 0.4) is 0 Å². The Morgan fingerprint density at radius 2 is 0.593 bits per heavy atom. The average molecular weight is 1090 g/mol. The molecule has 426 valence electrons. The minimum Gasteiger partial charge on any atom is -0.462 e. The van der Waals surface area contributed by atoms with E-state index in [2.05, 4.69) is 186 Å². The van der Waals surface area contributed by atoms with Crippen molar-refractivity contribution in [2.45, 2.75) is 150 Å². The average Bonchev–Trinajstić information content (AvgIpc) is 3.50. The number of benzene rings is 6. The fourth-order valence-electron chi connectivity index (χ4n) is 11.7. The quantitative estimate of drug-likeness (QED) is 0.0485. The number of hydrogen-bond donors (Lipinski definition) is 0. The molecule has 81 heavy (non-hydrogen) atoms. The Balaban J connectivity index is 0.000000175. The predicted molar refractivity (Wildman–Crippen MR) is 335 cm³/mol. The second kappa shape index (κ2) is 31.2. The van der Waals surface area contributed by atoms with Gasteiger partial charge in [-0.3, -0.25) is 0 Å². The Bertz CT molecular complexity index is 2940. The molecular formula is C75H90O6. The molecule has 0 atom stereocenters. The van der Waals surface area contributed by atoms with Gasteiger partial charge in [-0.1, -0.05) is 210 Å². The van der Waals surface area contributed by atoms with E-state index < -0.39 is 0 Å². The van der Waals surface area contributed by atoms with E-state index in [9.17, 15) is 14.4 Å². The molecule has 6 aromatic rings. The molecule has 0 saturated heterocycles. The number of ether oxygens (including phenoxy) is 3. The Kier molecular flexibility index (Phi) is 23.7. The van der Waals surface area contributed by atoms with Gasteiger partial charge in [0.2, 0.25) is 0 Å². The topological polar surface area (TPSA) is 78.9 Å². The summed E-state index contributed by atoms with van der Waals surface area (Å²) in [6.07, 6.45) is 18.9. The van der Waals surface area contributed by atoms with E-state index in [1.165, 1.54) is 138 Å². The van der Waals surface area contributed by atoms with Gasteiger partial charge in [-0.2, -0.15) is 0 Å². The predicted octanol–water partition coefficient (Wildman–Crippen LogP) is 18.7. The molecular weight excluding hydrogens is 997 g/mol. The van der Waals surface area contributed by atoms with Crippen molar-refractivity contribution in [1.29, 1.82) is 0 Å². The zero-order valence-corrected chi connectivity index (χ0v) is 49.6. The van der Waals surface area contributed by atoms with Crippen molar-refractivity contribution in [3.05, 3.63) is 215 Å². The van der Waals surface area contributed by atoms with Crippen LogP contribution in [0.1, 0.15) is 157 Å². The van der Waals surface area contributed by atoms with Gasteiger partial charge in [0, 0.05) is 36.0 Å². The van der Waals surface area contributed by atoms with Crippen LogP contribution in [0.2, 0.25) is 0 Å². The van der Waals surface area contributed by atoms with Gasteiger partial charge in [0.1, 0.15) is 0 Å². The lowest BCUT2D eigenvalue weighted by Gasteiger charge is -2.37. The molecule has 6 nitrogen and oxygen atoms in total. The highest BCUT2D eigenvalue weighted by Gasteiger charge is 2.30. The highest BCUT2D eigenvalue weighted by molar-refractivity contribution is 5.87. The van der Waals surface area contributed by atoms with Crippen molar-refractivity contribution in [3.8, 4) is 33.4 Å². The third-order valence-corrected chi connectivity index (χ3v) is 17.1. The van der Waals surface area contributed by atoms with E-state index >= 15 is 0 Å². The molecule has 3 fully saturated rings. The largest absolute Gasteiger partial charge is 0.462 e. The molecule has 0 bridgehead atoms. The van der Waals surface area contributed by atoms with Gasteiger partial charge >= 0.3 is 17.9 Å². The minimum atomic E-state index is -0.333. The van der Waals surface area contributed by atoms with E-state index in [-0.39, 0.29) is 17.9 Å². The van der Waals surface area contributed by atoms with Crippen molar-refractivity contribution in [3.63, 3.8) is 0 Å². The van der Waals surface area contributed by atoms with Gasteiger partial charge in [-0.15, -0.1) is 0 Å². The van der Waals surface area contributed by atoms with Crippen LogP contribution in [0, 0.1) is 30.6 Å². The van der Waals surface area contributed by atoms with Crippen LogP contribution >= 0.6 is 0 Å². The van der Waals surface area contributed by atoms with Crippen molar-refractivity contribution >= 4 is 17.9 Å². The number of hydrogen-bond acceptors (Lipinski definition) is 6. The van der Waals surface area contributed by atoms with E-state index in [1.54, 1.807) is 20.8 Å². The summed E-state index contributed by atoms with van der Waals surface area (Å²) >= 11 is 0. The van der Waals surface area contributed by atoms with Crippen molar-refractivity contribution in [1.82, 2.24) is 0 Å². The van der Waals surface area contributed by atoms with Gasteiger partial charge in [0.25, 0.3) is 0 Å². The number of carbonyl (C=O) groups excluding carboxylic acids is 3. The van der Waals surface area contributed by atoms with E-state index in [0.717, 1.165) is 53.9 Å². The van der Waals surface area contributed by atoms with Crippen molar-refractivity contribution < 1.29 is 28.6 Å². The number of carbonyl (C=O) groups is 3. The van der Waals surface area contributed by atoms with Gasteiger partial charge < -0.3 is 14.2 Å². The SMILES string of the molecule is C=C(C)C(=O)OCCc1ccc(-c2ccc(-c3ccc(C)cc3)cc2)cc1.C=C(C)C(=O)OCCc1ccc(-c2ccc(C3CCC(C)CC3)cc2)cc1.C=C(C)C(=O)OCCc1ccc(C2CCC(C3CCC(C)CC3)CC2)cc1. The molecule has 9 rings (SSSR count). The summed E-state index contributed by atoms with van der Waals surface area (Å²) in [5.74, 6) is 4.36. The molecule has 0 unspecified atom stereocenters. The first kappa shape index (κ1) is 61.6. The fourth-order valence-corrected chi connectivity index (χ4v) is 11.7. The normalized spacial score (nSPS) is 19.5. The van der Waals surface area contributed by atoms with Gasteiger partial charge in [0.15, 0.2) is 0 Å². The maximum Gasteiger partial charge on any atom is 0.333 e. The van der Waals surface area contributed by atoms with E-state index in [1.807, 2.05) is 0 Å². The fraction of sp³-hybridized carbons (Fsp3) is 0.400. The first-order valence-corrected chi connectivity index (χ1v) is 30.1. The van der Waals surface area contributed by atoms with Crippen molar-refractivity contribution in [2.75, 3.05) is 19.8 Å². The molecule has 0 amide bonds. The van der Waals surface area contributed by atoms with Crippen LogP contribution in [0.5, 0.6) is 0 Å². The molecule has 0 radical (unpaired) electrons. The summed E-state index contributed by atoms with van der Waals surface area (Å²) in [5, 5.41) is 0. The van der Waals surface area contributed by atoms with Gasteiger partial charge in [-0.05, 0) is 176 Å². The summed E-state index contributed by atoms with van der Waals surface area (Å²) in [6, 6.07) is 52.2. The maximum absolute atomic E-state index is 11.4. The van der Waals surface area contributed by atoms with Gasteiger partial charge in [-0.25, -0.2) is 14.4 Å². The Morgan fingerprint density at radius 3 is 0.914 bits per heavy atom. The number of rotatable bonds is 18. The highest BCUT2D eigenvalue weighted by atomic mass is 16.5. The third-order valence-electron chi connectivity index (χ3n) is 17.1. The van der Waals surface area contributed by atoms with Crippen LogP contribution in [0.25, 0.3) is 33.4 Å². The molecule has 3 aliphatic rings. The molecule has 0 aliphatic heterocycles. The lowest BCUT2D eigenvalue weighted by atomic mass is 9.68. The Labute approximate surface area is 486 Å². The third kappa shape index (κ3) is 19.6. The first-order valence-electron chi connectivity index (χ1n) is 30.1. The molecule has 3 aliphatic carbocycles. The summed E-state index contributed by atoms with van der Waals surface area (Å²) in [4.78, 5) is 34.2. The van der Waals surface area contributed by atoms with E-state index in [4.69, 9.17) is 14.2 Å². The van der Waals surface area contributed by atoms with Crippen LogP contribution in [0.4, 0.5) is 0 Å². The Hall–Kier alpha value is -7.05. The van der Waals surface area contributed by atoms with Crippen LogP contribution in [-0.2, 0) is 47.9 Å². The summed E-state index contributed by atoms with van der Waals surface area (Å²) in [7, 11) is 0. The molecule has 6 heteroatoms. The summed E-state index contributed by atoms with van der Waals surface area (Å²) in [6.45, 7) is 23.8. The second-order valence-electron chi connectivity index (χ2n) is 23.8. The van der Waals surface area contributed by atoms with Crippen LogP contribution in [0.15, 0.2) is 182 Å². The zero-order chi connectivity index (χ0) is 57.7. The molecule has 0 heterocycles. The molecule has 0 aromatic heterocycles. The van der Waals surface area contributed by atoms with E-state index in [0.29, 0.717) is 43.0 Å². The standard InChI is InChI=1S/C25H36O2.C25H30O2.C25H24O2/c3*1-18(2)25(26)27-17-16-20-6-10-22(11-7-20)24-14-12-23(13-15-24)21-8-4-19(3)5-9-21/h6-7,10-11,19,21,23-24H,1,4-5,8-9,12-17H2,2-3H3;6-7,10-15,19,21H,1,4-5,8-9,16-17H2,2-3H3;4-15H,1,16-17H2,2-3H3. The van der Waals surface area contributed by atoms with Crippen molar-refractivity contribution in [2.24, 2.45) is 23.7 Å². The summed E-state index contributed by atoms with van der Waals surface area (Å²) in [5.41, 5.74) is 16.4. The lowest BCUT2D eigenvalue weighted by molar-refractivity contribution is -0.139. The number of aryl methyl sites for hydroxylation is 1. The lowest BCUT2D eigenvalue weighted by Crippen LogP contribution is -2.24. The van der Waals surface area contributed by atoms with Crippen LogP contribution in [-0.4, -0.2) is 37.7 Å². The monoisotopic (exact) mass is 1090 g/mol. The Morgan fingerprint density at radius 1 is 0.358 bits per heavy atom. The second-order valence-corrected chi connectivity index (χ2v) is 23.8. The molecule has 6 aromatic carbocycles. The highest BCUT2D eigenvalue weighted by Crippen LogP contribution is 2.44. The zero-order valence-electron chi connectivity index (χ0n) is 49.6. The molecule has 0 N–H and O–H groups in total. The smallest absolute Gasteiger partial charge is 0.333 e. The number of esters is 3.